The average molecular weight is 308 g/mol. The summed E-state index contributed by atoms with van der Waals surface area (Å²) in [7, 11) is 1.91. The van der Waals surface area contributed by atoms with Gasteiger partial charge in [0.25, 0.3) is 0 Å². The van der Waals surface area contributed by atoms with Crippen LogP contribution in [0.2, 0.25) is 0 Å². The molecule has 6 heteroatoms. The van der Waals surface area contributed by atoms with Gasteiger partial charge in [-0.2, -0.15) is 5.10 Å². The zero-order valence-electron chi connectivity index (χ0n) is 13.6. The van der Waals surface area contributed by atoms with Crippen LogP contribution in [0.25, 0.3) is 11.4 Å². The lowest BCUT2D eigenvalue weighted by Crippen LogP contribution is -2.13. The van der Waals surface area contributed by atoms with Crippen molar-refractivity contribution in [2.24, 2.45) is 7.05 Å². The smallest absolute Gasteiger partial charge is 0.223 e. The fourth-order valence-corrected chi connectivity index (χ4v) is 2.54. The molecule has 1 atom stereocenters. The second-order valence-electron chi connectivity index (χ2n) is 5.46. The molecule has 0 saturated carbocycles. The van der Waals surface area contributed by atoms with Crippen LogP contribution in [-0.4, -0.2) is 24.7 Å². The first-order chi connectivity index (χ1) is 11.2. The molecule has 0 aromatic carbocycles. The Hall–Kier alpha value is -2.76. The van der Waals surface area contributed by atoms with E-state index in [4.69, 9.17) is 0 Å². The van der Waals surface area contributed by atoms with Gasteiger partial charge in [-0.15, -0.1) is 0 Å². The van der Waals surface area contributed by atoms with Gasteiger partial charge in [0.15, 0.2) is 0 Å². The summed E-state index contributed by atoms with van der Waals surface area (Å²) in [5.41, 5.74) is 4.01. The van der Waals surface area contributed by atoms with Gasteiger partial charge in [0.2, 0.25) is 5.95 Å². The zero-order valence-corrected chi connectivity index (χ0v) is 13.6. The number of nitrogens with one attached hydrogen (secondary N) is 1. The first-order valence-electron chi connectivity index (χ1n) is 7.67. The quantitative estimate of drug-likeness (QED) is 0.784. The minimum atomic E-state index is 0.130. The molecule has 0 aliphatic carbocycles. The fourth-order valence-electron chi connectivity index (χ4n) is 2.54. The van der Waals surface area contributed by atoms with Crippen LogP contribution in [0.5, 0.6) is 0 Å². The molecule has 1 unspecified atom stereocenters. The van der Waals surface area contributed by atoms with E-state index in [1.807, 2.05) is 43.2 Å². The van der Waals surface area contributed by atoms with Crippen LogP contribution in [0.15, 0.2) is 43.0 Å². The van der Waals surface area contributed by atoms with Gasteiger partial charge >= 0.3 is 0 Å². The molecular weight excluding hydrogens is 288 g/mol. The molecule has 3 heterocycles. The Morgan fingerprint density at radius 2 is 2.09 bits per heavy atom. The summed E-state index contributed by atoms with van der Waals surface area (Å²) in [4.78, 5) is 13.3. The molecule has 0 aliphatic rings. The van der Waals surface area contributed by atoms with Crippen molar-refractivity contribution >= 4 is 5.95 Å². The summed E-state index contributed by atoms with van der Waals surface area (Å²) < 4.78 is 1.82. The third-order valence-electron chi connectivity index (χ3n) is 3.83. The summed E-state index contributed by atoms with van der Waals surface area (Å²) in [6, 6.07) is 6.09. The SMILES string of the molecule is CCC(Nc1ncc(C)c(-c2ccnn2C)n1)c1cccnc1. The first kappa shape index (κ1) is 15.1. The Labute approximate surface area is 135 Å². The van der Waals surface area contributed by atoms with Crippen molar-refractivity contribution in [1.82, 2.24) is 24.7 Å². The zero-order chi connectivity index (χ0) is 16.2. The molecule has 0 amide bonds. The third-order valence-corrected chi connectivity index (χ3v) is 3.83. The van der Waals surface area contributed by atoms with Crippen LogP contribution >= 0.6 is 0 Å². The van der Waals surface area contributed by atoms with Crippen LogP contribution < -0.4 is 5.32 Å². The predicted octanol–water partition coefficient (Wildman–Crippen LogP) is 3.14. The Balaban J connectivity index is 1.90. The van der Waals surface area contributed by atoms with Crippen molar-refractivity contribution < 1.29 is 0 Å². The fraction of sp³-hybridized carbons (Fsp3) is 0.294. The maximum Gasteiger partial charge on any atom is 0.223 e. The Bertz CT molecular complexity index is 781. The average Bonchev–Trinajstić information content (AvgIpc) is 3.00. The Morgan fingerprint density at radius 1 is 1.22 bits per heavy atom. The highest BCUT2D eigenvalue weighted by molar-refractivity contribution is 5.59. The van der Waals surface area contributed by atoms with Crippen LogP contribution in [0.1, 0.15) is 30.5 Å². The number of anilines is 1. The van der Waals surface area contributed by atoms with Gasteiger partial charge in [-0.3, -0.25) is 9.67 Å². The molecule has 0 fully saturated rings. The van der Waals surface area contributed by atoms with E-state index in [0.717, 1.165) is 28.9 Å². The standard InChI is InChI=1S/C17H20N6/c1-4-14(13-6-5-8-18-11-13)21-17-19-10-12(2)16(22-17)15-7-9-20-23(15)3/h5-11,14H,4H2,1-3H3,(H,19,21,22). The summed E-state index contributed by atoms with van der Waals surface area (Å²) in [5, 5.41) is 7.62. The van der Waals surface area contributed by atoms with E-state index in [9.17, 15) is 0 Å². The van der Waals surface area contributed by atoms with Crippen molar-refractivity contribution in [3.05, 3.63) is 54.1 Å². The molecule has 0 radical (unpaired) electrons. The lowest BCUT2D eigenvalue weighted by atomic mass is 10.1. The Morgan fingerprint density at radius 3 is 2.74 bits per heavy atom. The van der Waals surface area contributed by atoms with E-state index in [1.165, 1.54) is 0 Å². The monoisotopic (exact) mass is 308 g/mol. The lowest BCUT2D eigenvalue weighted by Gasteiger charge is -2.17. The molecule has 3 aromatic heterocycles. The maximum absolute atomic E-state index is 4.69. The maximum atomic E-state index is 4.69. The highest BCUT2D eigenvalue weighted by atomic mass is 15.3. The molecular formula is C17H20N6. The summed E-state index contributed by atoms with van der Waals surface area (Å²) in [6.07, 6.45) is 8.18. The molecule has 118 valence electrons. The van der Waals surface area contributed by atoms with Gasteiger partial charge < -0.3 is 5.32 Å². The lowest BCUT2D eigenvalue weighted by molar-refractivity contribution is 0.733. The molecule has 0 bridgehead atoms. The van der Waals surface area contributed by atoms with E-state index in [0.29, 0.717) is 5.95 Å². The van der Waals surface area contributed by atoms with Crippen LogP contribution in [-0.2, 0) is 7.05 Å². The number of aryl methyl sites for hydroxylation is 2. The van der Waals surface area contributed by atoms with E-state index >= 15 is 0 Å². The van der Waals surface area contributed by atoms with E-state index in [1.54, 1.807) is 12.4 Å². The van der Waals surface area contributed by atoms with Crippen LogP contribution in [0, 0.1) is 6.92 Å². The van der Waals surface area contributed by atoms with Crippen molar-refractivity contribution in [3.63, 3.8) is 0 Å². The van der Waals surface area contributed by atoms with E-state index < -0.39 is 0 Å². The van der Waals surface area contributed by atoms with E-state index in [-0.39, 0.29) is 6.04 Å². The number of hydrogen-bond donors (Lipinski definition) is 1. The van der Waals surface area contributed by atoms with Crippen molar-refractivity contribution in [2.45, 2.75) is 26.3 Å². The van der Waals surface area contributed by atoms with Gasteiger partial charge in [0, 0.05) is 31.8 Å². The number of rotatable bonds is 5. The molecule has 0 aliphatic heterocycles. The number of pyridine rings is 1. The predicted molar refractivity (Wildman–Crippen MR) is 89.9 cm³/mol. The minimum Gasteiger partial charge on any atom is -0.347 e. The Kier molecular flexibility index (Phi) is 4.32. The second kappa shape index (κ2) is 6.56. The van der Waals surface area contributed by atoms with Crippen LogP contribution in [0.4, 0.5) is 5.95 Å². The number of aromatic nitrogens is 5. The van der Waals surface area contributed by atoms with Gasteiger partial charge in [0.05, 0.1) is 17.4 Å². The summed E-state index contributed by atoms with van der Waals surface area (Å²) in [6.45, 7) is 4.13. The molecule has 0 spiro atoms. The largest absolute Gasteiger partial charge is 0.347 e. The minimum absolute atomic E-state index is 0.130. The normalized spacial score (nSPS) is 12.1. The van der Waals surface area contributed by atoms with Gasteiger partial charge in [-0.05, 0) is 36.6 Å². The topological polar surface area (TPSA) is 68.5 Å². The van der Waals surface area contributed by atoms with Crippen molar-refractivity contribution in [1.29, 1.82) is 0 Å². The highest BCUT2D eigenvalue weighted by Crippen LogP contribution is 2.24. The first-order valence-corrected chi connectivity index (χ1v) is 7.67. The molecule has 0 saturated heterocycles. The van der Waals surface area contributed by atoms with Gasteiger partial charge in [-0.1, -0.05) is 13.0 Å². The van der Waals surface area contributed by atoms with Crippen LogP contribution in [0.3, 0.4) is 0 Å². The van der Waals surface area contributed by atoms with Crippen molar-refractivity contribution in [3.8, 4) is 11.4 Å². The number of nitrogens with zero attached hydrogens (tertiary/aromatic N) is 5. The second-order valence-corrected chi connectivity index (χ2v) is 5.46. The molecule has 3 aromatic rings. The van der Waals surface area contributed by atoms with Gasteiger partial charge in [-0.25, -0.2) is 9.97 Å². The molecule has 1 N–H and O–H groups in total. The summed E-state index contributed by atoms with van der Waals surface area (Å²) >= 11 is 0. The summed E-state index contributed by atoms with van der Waals surface area (Å²) in [5.74, 6) is 0.613. The third kappa shape index (κ3) is 3.21. The highest BCUT2D eigenvalue weighted by Gasteiger charge is 2.14. The molecule has 23 heavy (non-hydrogen) atoms. The molecule has 6 nitrogen and oxygen atoms in total. The van der Waals surface area contributed by atoms with Gasteiger partial charge in [0.1, 0.15) is 0 Å². The van der Waals surface area contributed by atoms with Crippen molar-refractivity contribution in [2.75, 3.05) is 5.32 Å². The number of hydrogen-bond acceptors (Lipinski definition) is 5. The molecule has 3 rings (SSSR count). The van der Waals surface area contributed by atoms with E-state index in [2.05, 4.69) is 38.4 Å².